The first kappa shape index (κ1) is 32.0. The lowest BCUT2D eigenvalue weighted by molar-refractivity contribution is -0.156. The highest BCUT2D eigenvalue weighted by Gasteiger charge is 2.25. The molecule has 1 heterocycles. The first-order valence-electron chi connectivity index (χ1n) is 14.8. The Morgan fingerprint density at radius 1 is 0.787 bits per heavy atom. The van der Waals surface area contributed by atoms with E-state index < -0.39 is 11.9 Å². The first-order valence-corrected chi connectivity index (χ1v) is 16.4. The van der Waals surface area contributed by atoms with Gasteiger partial charge in [0.05, 0.1) is 5.69 Å². The molecule has 0 spiro atoms. The Morgan fingerprint density at radius 3 is 2.17 bits per heavy atom. The van der Waals surface area contributed by atoms with Gasteiger partial charge in [-0.05, 0) is 82.8 Å². The zero-order chi connectivity index (χ0) is 32.9. The molecule has 1 aliphatic rings. The second-order valence-electron chi connectivity index (χ2n) is 11.0. The molecule has 0 saturated heterocycles. The quantitative estimate of drug-likeness (QED) is 0.148. The highest BCUT2D eigenvalue weighted by molar-refractivity contribution is 9.11. The molecule has 2 bridgehead atoms. The topological polar surface area (TPSA) is 99.2 Å². The number of anilines is 1. The van der Waals surface area contributed by atoms with E-state index in [1.807, 2.05) is 59.6 Å². The van der Waals surface area contributed by atoms with E-state index in [2.05, 4.69) is 61.6 Å². The summed E-state index contributed by atoms with van der Waals surface area (Å²) in [5.41, 5.74) is 9.18. The number of carbonyl (C=O) groups is 3. The van der Waals surface area contributed by atoms with Gasteiger partial charge in [0, 0.05) is 34.1 Å². The van der Waals surface area contributed by atoms with Crippen LogP contribution in [-0.4, -0.2) is 34.3 Å². The molecule has 0 unspecified atom stereocenters. The van der Waals surface area contributed by atoms with Crippen LogP contribution in [0, 0.1) is 0 Å². The van der Waals surface area contributed by atoms with Gasteiger partial charge in [-0.15, -0.1) is 0 Å². The number of fused-ring (bicyclic) bond motifs is 2. The second-order valence-corrected chi connectivity index (χ2v) is 12.7. The molecule has 5 aromatic carbocycles. The molecule has 2 N–H and O–H groups in total. The number of nitrogens with one attached hydrogen (secondary N) is 1. The number of para-hydroxylation sites is 1. The van der Waals surface area contributed by atoms with Gasteiger partial charge in [-0.3, -0.25) is 20.0 Å². The third kappa shape index (κ3) is 7.56. The highest BCUT2D eigenvalue weighted by atomic mass is 79.9. The van der Waals surface area contributed by atoms with Gasteiger partial charge in [0.25, 0.3) is 5.91 Å². The van der Waals surface area contributed by atoms with Crippen LogP contribution in [0.25, 0.3) is 11.1 Å². The van der Waals surface area contributed by atoms with E-state index in [-0.39, 0.29) is 19.0 Å². The zero-order valence-corrected chi connectivity index (χ0v) is 28.2. The molecule has 236 valence electrons. The number of amides is 2. The van der Waals surface area contributed by atoms with Crippen LogP contribution in [-0.2, 0) is 29.1 Å². The van der Waals surface area contributed by atoms with Crippen LogP contribution in [0.2, 0.25) is 0 Å². The molecule has 0 aromatic heterocycles. The van der Waals surface area contributed by atoms with Crippen LogP contribution in [0.4, 0.5) is 5.69 Å². The minimum atomic E-state index is -1.56. The molecular formula is C37H29Br2N3O5. The van der Waals surface area contributed by atoms with Crippen molar-refractivity contribution in [2.75, 3.05) is 11.6 Å². The second kappa shape index (κ2) is 14.2. The molecule has 47 heavy (non-hydrogen) atoms. The van der Waals surface area contributed by atoms with Crippen molar-refractivity contribution in [3.8, 4) is 22.6 Å². The predicted molar refractivity (Wildman–Crippen MR) is 187 cm³/mol. The number of hydrazine groups is 1. The monoisotopic (exact) mass is 753 g/mol. The van der Waals surface area contributed by atoms with E-state index in [1.54, 1.807) is 36.4 Å². The number of aliphatic carboxylic acids is 1. The summed E-state index contributed by atoms with van der Waals surface area (Å²) in [5, 5.41) is 11.4. The van der Waals surface area contributed by atoms with Crippen molar-refractivity contribution >= 4 is 55.3 Å². The van der Waals surface area contributed by atoms with Crippen LogP contribution in [0.5, 0.6) is 11.5 Å². The van der Waals surface area contributed by atoms with Crippen molar-refractivity contribution in [3.05, 3.63) is 146 Å². The maximum Gasteiger partial charge on any atom is 0.394 e. The molecule has 0 saturated carbocycles. The van der Waals surface area contributed by atoms with Crippen molar-refractivity contribution in [3.63, 3.8) is 0 Å². The molecule has 1 aliphatic heterocycles. The van der Waals surface area contributed by atoms with Crippen LogP contribution >= 0.6 is 31.9 Å². The number of halogens is 2. The standard InChI is InChI=1S/C37H29Br2N3O5/c38-33-20-27(35(43)40-42-17-16-26-19-28(42)14-15-31(26)25-9-3-1-4-10-25)21-34(39)32(33)23-41(36(44)37(45)46)22-24-8-7-13-30(18-24)47-29-11-5-2-6-12-29/h1-15,18-21H,16-17,22-23H2,(H,40,43)(H,45,46). The Morgan fingerprint density at radius 2 is 1.47 bits per heavy atom. The minimum absolute atomic E-state index is 0.0260. The lowest BCUT2D eigenvalue weighted by Gasteiger charge is -2.31. The van der Waals surface area contributed by atoms with E-state index in [9.17, 15) is 19.5 Å². The summed E-state index contributed by atoms with van der Waals surface area (Å²) in [6, 6.07) is 36.2. The maximum atomic E-state index is 13.4. The van der Waals surface area contributed by atoms with Crippen molar-refractivity contribution < 1.29 is 24.2 Å². The smallest absolute Gasteiger partial charge is 0.394 e. The van der Waals surface area contributed by atoms with Gasteiger partial charge in [0.2, 0.25) is 0 Å². The number of benzene rings is 5. The highest BCUT2D eigenvalue weighted by Crippen LogP contribution is 2.33. The third-order valence-electron chi connectivity index (χ3n) is 7.80. The average molecular weight is 755 g/mol. The van der Waals surface area contributed by atoms with Crippen molar-refractivity contribution in [1.82, 2.24) is 10.3 Å². The van der Waals surface area contributed by atoms with Gasteiger partial charge < -0.3 is 14.7 Å². The Kier molecular flexibility index (Phi) is 9.70. The SMILES string of the molecule is O=C(O)C(=O)N(Cc1cccc(Oc2ccccc2)c1)Cc1c(Br)cc(C(=O)NN2CCc3cc2ccc3-c2ccccc2)cc1Br. The number of hydrogen-bond acceptors (Lipinski definition) is 5. The molecule has 0 aliphatic carbocycles. The summed E-state index contributed by atoms with van der Waals surface area (Å²) >= 11 is 7.11. The van der Waals surface area contributed by atoms with Crippen LogP contribution in [0.3, 0.4) is 0 Å². The van der Waals surface area contributed by atoms with Crippen LogP contribution in [0.1, 0.15) is 27.0 Å². The molecule has 8 nitrogen and oxygen atoms in total. The molecule has 0 radical (unpaired) electrons. The fourth-order valence-corrected chi connectivity index (χ4v) is 6.92. The van der Waals surface area contributed by atoms with Gasteiger partial charge in [0.1, 0.15) is 11.5 Å². The third-order valence-corrected chi connectivity index (χ3v) is 9.21. The van der Waals surface area contributed by atoms with E-state index >= 15 is 0 Å². The molecule has 2 amide bonds. The predicted octanol–water partition coefficient (Wildman–Crippen LogP) is 7.99. The van der Waals surface area contributed by atoms with Crippen molar-refractivity contribution in [2.45, 2.75) is 19.5 Å². The Labute approximate surface area is 288 Å². The van der Waals surface area contributed by atoms with Gasteiger partial charge in [-0.25, -0.2) is 4.79 Å². The normalized spacial score (nSPS) is 11.9. The van der Waals surface area contributed by atoms with E-state index in [1.165, 1.54) is 16.0 Å². The van der Waals surface area contributed by atoms with Gasteiger partial charge in [0.15, 0.2) is 0 Å². The van der Waals surface area contributed by atoms with Gasteiger partial charge in [-0.2, -0.15) is 0 Å². The number of hydrogen-bond donors (Lipinski definition) is 2. The van der Waals surface area contributed by atoms with E-state index in [0.29, 0.717) is 43.7 Å². The fraction of sp³-hybridized carbons (Fsp3) is 0.108. The zero-order valence-electron chi connectivity index (χ0n) is 25.0. The lowest BCUT2D eigenvalue weighted by Crippen LogP contribution is -2.45. The number of rotatable bonds is 9. The van der Waals surface area contributed by atoms with Crippen molar-refractivity contribution in [1.29, 1.82) is 0 Å². The summed E-state index contributed by atoms with van der Waals surface area (Å²) in [6.07, 6.45) is 0.777. The molecule has 0 atom stereocenters. The Balaban J connectivity index is 1.17. The van der Waals surface area contributed by atoms with Crippen LogP contribution in [0.15, 0.2) is 124 Å². The Bertz CT molecular complexity index is 1930. The molecular weight excluding hydrogens is 726 g/mol. The first-order chi connectivity index (χ1) is 22.7. The number of carboxylic acid groups (broad SMARTS) is 1. The molecule has 6 rings (SSSR count). The summed E-state index contributed by atoms with van der Waals surface area (Å²) in [5.74, 6) is -1.70. The summed E-state index contributed by atoms with van der Waals surface area (Å²) in [6.45, 7) is 0.622. The van der Waals surface area contributed by atoms with E-state index in [4.69, 9.17) is 4.74 Å². The fourth-order valence-electron chi connectivity index (χ4n) is 5.49. The number of nitrogens with zero attached hydrogens (tertiary/aromatic N) is 2. The average Bonchev–Trinajstić information content (AvgIpc) is 3.07. The Hall–Kier alpha value is -4.93. The summed E-state index contributed by atoms with van der Waals surface area (Å²) in [7, 11) is 0. The van der Waals surface area contributed by atoms with Gasteiger partial charge >= 0.3 is 11.9 Å². The van der Waals surface area contributed by atoms with Crippen LogP contribution < -0.4 is 15.2 Å². The molecule has 0 fully saturated rings. The van der Waals surface area contributed by atoms with Crippen molar-refractivity contribution in [2.24, 2.45) is 0 Å². The molecule has 10 heteroatoms. The number of ether oxygens (including phenoxy) is 1. The number of carboxylic acids is 1. The number of carbonyl (C=O) groups excluding carboxylic acids is 2. The molecule has 5 aromatic rings. The largest absolute Gasteiger partial charge is 0.474 e. The maximum absolute atomic E-state index is 13.4. The van der Waals surface area contributed by atoms with Gasteiger partial charge in [-0.1, -0.05) is 98.6 Å². The lowest BCUT2D eigenvalue weighted by atomic mass is 9.95. The summed E-state index contributed by atoms with van der Waals surface area (Å²) < 4.78 is 7.02. The summed E-state index contributed by atoms with van der Waals surface area (Å²) in [4.78, 5) is 39.2. The van der Waals surface area contributed by atoms with E-state index in [0.717, 1.165) is 17.7 Å². The minimum Gasteiger partial charge on any atom is -0.474 e.